The fraction of sp³-hybridized carbons (Fsp3) is 0.440. The molecule has 160 valence electrons. The molecule has 0 aliphatic heterocycles. The van der Waals surface area contributed by atoms with Gasteiger partial charge in [-0.1, -0.05) is 74.1 Å². The Bertz CT molecular complexity index is 902. The van der Waals surface area contributed by atoms with Crippen LogP contribution in [0.15, 0.2) is 48.5 Å². The third-order valence-corrected chi connectivity index (χ3v) is 5.96. The van der Waals surface area contributed by atoms with Gasteiger partial charge in [-0.2, -0.15) is 0 Å². The van der Waals surface area contributed by atoms with Crippen LogP contribution in [0.2, 0.25) is 0 Å². The van der Waals surface area contributed by atoms with E-state index in [1.807, 2.05) is 52.8 Å². The number of thioether (sulfide) groups is 1. The number of ether oxygens (including phenoxy) is 1. The van der Waals surface area contributed by atoms with Crippen molar-refractivity contribution >= 4 is 23.0 Å². The zero-order chi connectivity index (χ0) is 21.9. The Labute approximate surface area is 183 Å². The van der Waals surface area contributed by atoms with Crippen LogP contribution in [0, 0.1) is 0 Å². The summed E-state index contributed by atoms with van der Waals surface area (Å²) in [5, 5.41) is 3.36. The van der Waals surface area contributed by atoms with E-state index >= 15 is 0 Å². The maximum atomic E-state index is 13.1. The molecule has 1 amide bonds. The van der Waals surface area contributed by atoms with Crippen LogP contribution in [-0.2, 0) is 16.0 Å². The van der Waals surface area contributed by atoms with Crippen LogP contribution >= 0.6 is 11.8 Å². The van der Waals surface area contributed by atoms with E-state index in [0.717, 1.165) is 22.3 Å². The van der Waals surface area contributed by atoms with Gasteiger partial charge in [-0.25, -0.2) is 4.79 Å². The topological polar surface area (TPSA) is 55.4 Å². The van der Waals surface area contributed by atoms with E-state index in [1.54, 1.807) is 0 Å². The minimum absolute atomic E-state index is 0.128. The van der Waals surface area contributed by atoms with Crippen molar-refractivity contribution in [3.05, 3.63) is 59.7 Å². The molecule has 3 rings (SSSR count). The van der Waals surface area contributed by atoms with Gasteiger partial charge >= 0.3 is 6.09 Å². The third kappa shape index (κ3) is 5.88. The van der Waals surface area contributed by atoms with Crippen LogP contribution in [0.3, 0.4) is 0 Å². The van der Waals surface area contributed by atoms with Crippen molar-refractivity contribution < 1.29 is 14.3 Å². The number of hydrogen-bond acceptors (Lipinski definition) is 4. The van der Waals surface area contributed by atoms with E-state index < -0.39 is 11.7 Å². The Kier molecular flexibility index (Phi) is 6.91. The molecular formula is C25H31NO3S. The molecule has 0 bridgehead atoms. The Morgan fingerprint density at radius 3 is 2.40 bits per heavy atom. The summed E-state index contributed by atoms with van der Waals surface area (Å²) in [7, 11) is 0. The summed E-state index contributed by atoms with van der Waals surface area (Å²) in [6.45, 7) is 9.60. The molecule has 1 aliphatic rings. The van der Waals surface area contributed by atoms with Crippen molar-refractivity contribution in [3.8, 4) is 11.1 Å². The summed E-state index contributed by atoms with van der Waals surface area (Å²) < 4.78 is 5.43. The Hall–Kier alpha value is -2.27. The highest BCUT2D eigenvalue weighted by Crippen LogP contribution is 2.38. The van der Waals surface area contributed by atoms with Crippen LogP contribution in [0.1, 0.15) is 58.1 Å². The molecule has 0 spiro atoms. The highest BCUT2D eigenvalue weighted by atomic mass is 32.2. The predicted molar refractivity (Wildman–Crippen MR) is 124 cm³/mol. The first-order valence-electron chi connectivity index (χ1n) is 10.5. The van der Waals surface area contributed by atoms with Crippen molar-refractivity contribution in [1.82, 2.24) is 5.32 Å². The second-order valence-corrected chi connectivity index (χ2v) is 10.7. The van der Waals surface area contributed by atoms with Crippen molar-refractivity contribution in [2.24, 2.45) is 0 Å². The molecule has 2 unspecified atom stereocenters. The maximum absolute atomic E-state index is 13.1. The summed E-state index contributed by atoms with van der Waals surface area (Å²) >= 11 is 1.37. The highest BCUT2D eigenvalue weighted by Gasteiger charge is 2.34. The lowest BCUT2D eigenvalue weighted by Crippen LogP contribution is -2.43. The molecule has 30 heavy (non-hydrogen) atoms. The second-order valence-electron chi connectivity index (χ2n) is 9.10. The van der Waals surface area contributed by atoms with Gasteiger partial charge in [0.05, 0.1) is 5.92 Å². The lowest BCUT2D eigenvalue weighted by atomic mass is 9.79. The zero-order valence-electron chi connectivity index (χ0n) is 18.4. The molecule has 0 fully saturated rings. The number of rotatable bonds is 4. The first kappa shape index (κ1) is 22.4. The van der Waals surface area contributed by atoms with Crippen LogP contribution in [0.25, 0.3) is 11.1 Å². The SMILES string of the molecule is CC(C)SC(=O)C1CC(NC(=O)OC(C)(C)C)Cc2ccc(-c3ccccc3)cc21. The minimum atomic E-state index is -0.552. The van der Waals surface area contributed by atoms with E-state index in [9.17, 15) is 9.59 Å². The van der Waals surface area contributed by atoms with Crippen LogP contribution < -0.4 is 5.32 Å². The Balaban J connectivity index is 1.89. The number of nitrogens with one attached hydrogen (secondary N) is 1. The van der Waals surface area contributed by atoms with Gasteiger partial charge in [0.2, 0.25) is 0 Å². The largest absolute Gasteiger partial charge is 0.444 e. The van der Waals surface area contributed by atoms with Gasteiger partial charge in [0.1, 0.15) is 5.60 Å². The molecule has 0 radical (unpaired) electrons. The zero-order valence-corrected chi connectivity index (χ0v) is 19.2. The molecular weight excluding hydrogens is 394 g/mol. The highest BCUT2D eigenvalue weighted by molar-refractivity contribution is 8.14. The number of carbonyl (C=O) groups excluding carboxylic acids is 2. The Morgan fingerprint density at radius 1 is 1.07 bits per heavy atom. The van der Waals surface area contributed by atoms with Crippen molar-refractivity contribution in [1.29, 1.82) is 0 Å². The van der Waals surface area contributed by atoms with E-state index in [2.05, 4.69) is 35.6 Å². The number of carbonyl (C=O) groups is 2. The average Bonchev–Trinajstić information content (AvgIpc) is 2.65. The standard InChI is InChI=1S/C25H31NO3S/c1-16(2)30-23(27)22-15-20(26-24(28)29-25(3,4)5)13-19-12-11-18(14-21(19)22)17-9-7-6-8-10-17/h6-12,14,16,20,22H,13,15H2,1-5H3,(H,26,28). The van der Waals surface area contributed by atoms with Crippen molar-refractivity contribution in [2.75, 3.05) is 0 Å². The van der Waals surface area contributed by atoms with E-state index in [0.29, 0.717) is 12.8 Å². The molecule has 1 aliphatic carbocycles. The number of fused-ring (bicyclic) bond motifs is 1. The van der Waals surface area contributed by atoms with E-state index in [-0.39, 0.29) is 22.3 Å². The maximum Gasteiger partial charge on any atom is 0.407 e. The fourth-order valence-corrected chi connectivity index (χ4v) is 4.65. The van der Waals surface area contributed by atoms with Crippen LogP contribution in [0.4, 0.5) is 4.79 Å². The fourth-order valence-electron chi connectivity index (χ4n) is 3.80. The smallest absolute Gasteiger partial charge is 0.407 e. The van der Waals surface area contributed by atoms with Crippen molar-refractivity contribution in [2.45, 2.75) is 70.3 Å². The lowest BCUT2D eigenvalue weighted by Gasteiger charge is -2.32. The van der Waals surface area contributed by atoms with Crippen LogP contribution in [0.5, 0.6) is 0 Å². The molecule has 5 heteroatoms. The molecule has 0 aromatic heterocycles. The molecule has 0 heterocycles. The Morgan fingerprint density at radius 2 is 1.77 bits per heavy atom. The van der Waals surface area contributed by atoms with E-state index in [4.69, 9.17) is 4.74 Å². The molecule has 0 saturated heterocycles. The second kappa shape index (κ2) is 9.25. The number of hydrogen-bond donors (Lipinski definition) is 1. The van der Waals surface area contributed by atoms with E-state index in [1.165, 1.54) is 11.8 Å². The molecule has 2 aromatic carbocycles. The molecule has 4 nitrogen and oxygen atoms in total. The molecule has 2 aromatic rings. The monoisotopic (exact) mass is 425 g/mol. The van der Waals surface area contributed by atoms with Gasteiger partial charge in [-0.05, 0) is 55.9 Å². The van der Waals surface area contributed by atoms with Gasteiger partial charge in [-0.3, -0.25) is 4.79 Å². The lowest BCUT2D eigenvalue weighted by molar-refractivity contribution is -0.112. The summed E-state index contributed by atoms with van der Waals surface area (Å²) in [6.07, 6.45) is 0.850. The van der Waals surface area contributed by atoms with Crippen molar-refractivity contribution in [3.63, 3.8) is 0 Å². The average molecular weight is 426 g/mol. The summed E-state index contributed by atoms with van der Waals surface area (Å²) in [5.74, 6) is -0.246. The third-order valence-electron chi connectivity index (χ3n) is 4.97. The first-order chi connectivity index (χ1) is 14.1. The van der Waals surface area contributed by atoms with Gasteiger partial charge in [-0.15, -0.1) is 0 Å². The number of benzene rings is 2. The van der Waals surface area contributed by atoms with Gasteiger partial charge in [0, 0.05) is 11.3 Å². The van der Waals surface area contributed by atoms with Gasteiger partial charge in [0.25, 0.3) is 0 Å². The van der Waals surface area contributed by atoms with Gasteiger partial charge < -0.3 is 10.1 Å². The summed E-state index contributed by atoms with van der Waals surface area (Å²) in [6, 6.07) is 16.4. The van der Waals surface area contributed by atoms with Crippen LogP contribution in [-0.4, -0.2) is 28.1 Å². The van der Waals surface area contributed by atoms with Gasteiger partial charge in [0.15, 0.2) is 5.12 Å². The predicted octanol–water partition coefficient (Wildman–Crippen LogP) is 5.94. The first-order valence-corrected chi connectivity index (χ1v) is 11.4. The number of alkyl carbamates (subject to hydrolysis) is 1. The molecule has 2 atom stereocenters. The normalized spacial score (nSPS) is 18.6. The number of amides is 1. The summed E-state index contributed by atoms with van der Waals surface area (Å²) in [5.41, 5.74) is 3.89. The molecule has 1 N–H and O–H groups in total. The minimum Gasteiger partial charge on any atom is -0.444 e. The molecule has 0 saturated carbocycles. The summed E-state index contributed by atoms with van der Waals surface area (Å²) in [4.78, 5) is 25.4. The quantitative estimate of drug-likeness (QED) is 0.658.